The smallest absolute Gasteiger partial charge is 0.341 e. The summed E-state index contributed by atoms with van der Waals surface area (Å²) < 4.78 is 28.8. The number of aryl methyl sites for hydroxylation is 1. The van der Waals surface area contributed by atoms with Crippen molar-refractivity contribution in [1.29, 1.82) is 0 Å². The molecule has 0 aliphatic heterocycles. The van der Waals surface area contributed by atoms with Gasteiger partial charge in [-0.2, -0.15) is 0 Å². The molecule has 1 saturated carbocycles. The molecule has 110 valence electrons. The van der Waals surface area contributed by atoms with E-state index < -0.39 is 35.0 Å². The molecule has 0 bridgehead atoms. The van der Waals surface area contributed by atoms with Crippen LogP contribution in [0.15, 0.2) is 17.1 Å². The van der Waals surface area contributed by atoms with Crippen LogP contribution in [-0.4, -0.2) is 21.8 Å². The number of benzene rings is 1. The third-order valence-electron chi connectivity index (χ3n) is 4.09. The van der Waals surface area contributed by atoms with Crippen LogP contribution in [0.2, 0.25) is 0 Å². The Bertz CT molecular complexity index is 841. The first-order chi connectivity index (χ1) is 9.82. The van der Waals surface area contributed by atoms with Crippen molar-refractivity contribution in [3.63, 3.8) is 0 Å². The maximum atomic E-state index is 13.9. The zero-order chi connectivity index (χ0) is 15.5. The minimum atomic E-state index is -1.40. The van der Waals surface area contributed by atoms with Crippen molar-refractivity contribution < 1.29 is 18.7 Å². The van der Waals surface area contributed by atoms with Gasteiger partial charge in [0.15, 0.2) is 0 Å². The Morgan fingerprint density at radius 1 is 1.38 bits per heavy atom. The van der Waals surface area contributed by atoms with E-state index in [9.17, 15) is 18.4 Å². The van der Waals surface area contributed by atoms with Gasteiger partial charge < -0.3 is 9.67 Å². The fraction of sp³-hybridized carbons (Fsp3) is 0.333. The average Bonchev–Trinajstić information content (AvgIpc) is 3.14. The second kappa shape index (κ2) is 4.38. The Balaban J connectivity index is 2.49. The first kappa shape index (κ1) is 13.7. The van der Waals surface area contributed by atoms with E-state index in [0.29, 0.717) is 16.6 Å². The van der Waals surface area contributed by atoms with Gasteiger partial charge in [-0.1, -0.05) is 0 Å². The molecule has 1 aliphatic rings. The van der Waals surface area contributed by atoms with Gasteiger partial charge in [0.05, 0.1) is 11.6 Å². The predicted molar refractivity (Wildman–Crippen MR) is 73.1 cm³/mol. The molecular formula is C15H13F2NO3. The van der Waals surface area contributed by atoms with E-state index in [0.717, 1.165) is 6.07 Å². The van der Waals surface area contributed by atoms with Crippen LogP contribution in [0.4, 0.5) is 8.78 Å². The number of rotatable bonds is 2. The third kappa shape index (κ3) is 1.93. The largest absolute Gasteiger partial charge is 0.477 e. The maximum Gasteiger partial charge on any atom is 0.341 e. The van der Waals surface area contributed by atoms with Crippen LogP contribution in [0.25, 0.3) is 10.9 Å². The first-order valence-corrected chi connectivity index (χ1v) is 6.54. The number of aromatic carboxylic acids is 1. The van der Waals surface area contributed by atoms with Crippen molar-refractivity contribution in [2.45, 2.75) is 32.5 Å². The second-order valence-corrected chi connectivity index (χ2v) is 5.41. The van der Waals surface area contributed by atoms with Gasteiger partial charge in [0.25, 0.3) is 0 Å². The minimum absolute atomic E-state index is 0.0189. The molecule has 0 spiro atoms. The van der Waals surface area contributed by atoms with Crippen LogP contribution in [0.3, 0.4) is 0 Å². The highest BCUT2D eigenvalue weighted by Gasteiger charge is 2.40. The van der Waals surface area contributed by atoms with Crippen LogP contribution in [0.5, 0.6) is 0 Å². The van der Waals surface area contributed by atoms with Crippen LogP contribution in [0, 0.1) is 19.7 Å². The summed E-state index contributed by atoms with van der Waals surface area (Å²) in [5.74, 6) is -1.97. The summed E-state index contributed by atoms with van der Waals surface area (Å²) in [7, 11) is 0. The number of aromatic nitrogens is 1. The normalized spacial score (nSPS) is 20.8. The Morgan fingerprint density at radius 3 is 2.52 bits per heavy atom. The molecule has 1 aromatic heterocycles. The number of nitrogens with zero attached hydrogens (tertiary/aromatic N) is 1. The van der Waals surface area contributed by atoms with E-state index in [1.54, 1.807) is 13.8 Å². The highest BCUT2D eigenvalue weighted by Crippen LogP contribution is 2.41. The van der Waals surface area contributed by atoms with E-state index in [-0.39, 0.29) is 11.8 Å². The van der Waals surface area contributed by atoms with Crippen LogP contribution in [-0.2, 0) is 0 Å². The standard InChI is InChI=1S/C15H13F2NO3/c1-6-7(2)13-8(3-10(6)16)14(19)9(15(20)21)5-18(13)12-4-11(12)17/h3,5,11-12H,4H2,1-2H3,(H,20,21). The lowest BCUT2D eigenvalue weighted by Gasteiger charge is -2.15. The summed E-state index contributed by atoms with van der Waals surface area (Å²) in [5, 5.41) is 9.09. The highest BCUT2D eigenvalue weighted by atomic mass is 19.1. The third-order valence-corrected chi connectivity index (χ3v) is 4.09. The van der Waals surface area contributed by atoms with Gasteiger partial charge in [-0.25, -0.2) is 13.6 Å². The first-order valence-electron chi connectivity index (χ1n) is 6.54. The van der Waals surface area contributed by atoms with E-state index in [1.165, 1.54) is 10.8 Å². The molecule has 1 aromatic carbocycles. The van der Waals surface area contributed by atoms with Crippen LogP contribution in [0.1, 0.15) is 33.9 Å². The Hall–Kier alpha value is -2.24. The SMILES string of the molecule is Cc1c(F)cc2c(=O)c(C(=O)O)cn(C3CC3F)c2c1C. The van der Waals surface area contributed by atoms with Crippen molar-refractivity contribution >= 4 is 16.9 Å². The quantitative estimate of drug-likeness (QED) is 0.926. The summed E-state index contributed by atoms with van der Waals surface area (Å²) >= 11 is 0. The van der Waals surface area contributed by atoms with E-state index in [1.807, 2.05) is 0 Å². The van der Waals surface area contributed by atoms with E-state index in [4.69, 9.17) is 5.11 Å². The summed E-state index contributed by atoms with van der Waals surface area (Å²) in [4.78, 5) is 23.4. The molecule has 21 heavy (non-hydrogen) atoms. The lowest BCUT2D eigenvalue weighted by Crippen LogP contribution is -2.20. The number of carbonyl (C=O) groups is 1. The van der Waals surface area contributed by atoms with Crippen LogP contribution < -0.4 is 5.43 Å². The number of hydrogen-bond donors (Lipinski definition) is 1. The molecule has 1 fully saturated rings. The average molecular weight is 293 g/mol. The zero-order valence-corrected chi connectivity index (χ0v) is 11.5. The number of pyridine rings is 1. The molecule has 4 nitrogen and oxygen atoms in total. The van der Waals surface area contributed by atoms with Gasteiger partial charge in [0.2, 0.25) is 5.43 Å². The summed E-state index contributed by atoms with van der Waals surface area (Å²) in [5.41, 5.74) is 0.0954. The molecule has 2 aromatic rings. The van der Waals surface area contributed by atoms with Gasteiger partial charge in [0, 0.05) is 18.0 Å². The summed E-state index contributed by atoms with van der Waals surface area (Å²) in [6, 6.07) is 0.549. The second-order valence-electron chi connectivity index (χ2n) is 5.41. The molecule has 0 amide bonds. The Kier molecular flexibility index (Phi) is 2.86. The van der Waals surface area contributed by atoms with Crippen molar-refractivity contribution in [2.24, 2.45) is 0 Å². The fourth-order valence-corrected chi connectivity index (χ4v) is 2.63. The zero-order valence-electron chi connectivity index (χ0n) is 11.5. The fourth-order valence-electron chi connectivity index (χ4n) is 2.63. The lowest BCUT2D eigenvalue weighted by molar-refractivity contribution is 0.0694. The van der Waals surface area contributed by atoms with E-state index >= 15 is 0 Å². The van der Waals surface area contributed by atoms with Gasteiger partial charge in [-0.15, -0.1) is 0 Å². The van der Waals surface area contributed by atoms with Crippen LogP contribution >= 0.6 is 0 Å². The summed E-state index contributed by atoms with van der Waals surface area (Å²) in [6.45, 7) is 3.22. The maximum absolute atomic E-state index is 13.9. The summed E-state index contributed by atoms with van der Waals surface area (Å²) in [6.07, 6.45) is 0.371. The number of halogens is 2. The predicted octanol–water partition coefficient (Wildman–Crippen LogP) is 2.74. The number of carboxylic acids is 1. The monoisotopic (exact) mass is 293 g/mol. The Morgan fingerprint density at radius 2 is 2.00 bits per heavy atom. The molecule has 1 N–H and O–H groups in total. The van der Waals surface area contributed by atoms with Crippen molar-refractivity contribution in [3.8, 4) is 0 Å². The van der Waals surface area contributed by atoms with Crippen molar-refractivity contribution in [2.75, 3.05) is 0 Å². The van der Waals surface area contributed by atoms with Gasteiger partial charge in [-0.3, -0.25) is 4.79 Å². The van der Waals surface area contributed by atoms with Gasteiger partial charge >= 0.3 is 5.97 Å². The number of carboxylic acid groups (broad SMARTS) is 1. The Labute approximate surface area is 118 Å². The van der Waals surface area contributed by atoms with Crippen molar-refractivity contribution in [1.82, 2.24) is 4.57 Å². The number of fused-ring (bicyclic) bond motifs is 1. The van der Waals surface area contributed by atoms with Gasteiger partial charge in [-0.05, 0) is 31.0 Å². The van der Waals surface area contributed by atoms with Gasteiger partial charge in [0.1, 0.15) is 17.6 Å². The molecule has 0 radical (unpaired) electrons. The number of hydrogen-bond acceptors (Lipinski definition) is 2. The molecule has 2 unspecified atom stereocenters. The molecule has 1 heterocycles. The molecule has 6 heteroatoms. The minimum Gasteiger partial charge on any atom is -0.477 e. The molecular weight excluding hydrogens is 280 g/mol. The topological polar surface area (TPSA) is 59.3 Å². The highest BCUT2D eigenvalue weighted by molar-refractivity contribution is 5.93. The van der Waals surface area contributed by atoms with E-state index in [2.05, 4.69) is 0 Å². The number of alkyl halides is 1. The van der Waals surface area contributed by atoms with Crippen molar-refractivity contribution in [3.05, 3.63) is 45.0 Å². The molecule has 2 atom stereocenters. The molecule has 0 saturated heterocycles. The lowest BCUT2D eigenvalue weighted by atomic mass is 10.0. The molecule has 1 aliphatic carbocycles. The molecule has 3 rings (SSSR count).